The van der Waals surface area contributed by atoms with Gasteiger partial charge in [0.25, 0.3) is 0 Å². The molecule has 218 valence electrons. The van der Waals surface area contributed by atoms with Gasteiger partial charge >= 0.3 is 0 Å². The molecular weight excluding hydrogens is 534 g/mol. The molecule has 12 heteroatoms. The lowest BCUT2D eigenvalue weighted by Gasteiger charge is -2.28. The molecular formula is C29H34F2N6O4. The van der Waals surface area contributed by atoms with Gasteiger partial charge in [0.15, 0.2) is 17.0 Å². The highest BCUT2D eigenvalue weighted by atomic mass is 19.3. The Morgan fingerprint density at radius 2 is 1.51 bits per heavy atom. The van der Waals surface area contributed by atoms with Crippen LogP contribution < -0.4 is 23.8 Å². The van der Waals surface area contributed by atoms with Crippen molar-refractivity contribution >= 4 is 17.0 Å². The molecule has 4 aromatic rings. The number of methoxy groups -OCH3 is 4. The molecule has 2 aromatic heterocycles. The number of fused-ring (bicyclic) bond motifs is 1. The normalized spacial score (nSPS) is 17.0. The number of ether oxygens (including phenoxy) is 4. The standard InChI is InChI=1S/C29H34F2N6O4/c1-38-22-10-8-19(24(13-22)40-3)15-36(16-20-9-11-23(39-2)14-25(20)41-4)28-26-29(33-17-32-28)37(35-34-26)21-7-5-6-18(12-21)27(30)31/h8-11,13-14,17-18,21,27H,5-7,12,15-16H2,1-4H3/t18-,21+/m1/s1. The Bertz CT molecular complexity index is 1430. The van der Waals surface area contributed by atoms with E-state index in [0.717, 1.165) is 17.5 Å². The Hall–Kier alpha value is -4.22. The minimum absolute atomic E-state index is 0.202. The number of nitrogens with zero attached hydrogens (tertiary/aromatic N) is 6. The van der Waals surface area contributed by atoms with E-state index in [1.54, 1.807) is 33.1 Å². The Kier molecular flexibility index (Phi) is 8.65. The summed E-state index contributed by atoms with van der Waals surface area (Å²) < 4.78 is 50.9. The van der Waals surface area contributed by atoms with Crippen molar-refractivity contribution in [1.29, 1.82) is 0 Å². The maximum atomic E-state index is 13.5. The smallest absolute Gasteiger partial charge is 0.241 e. The highest BCUT2D eigenvalue weighted by Gasteiger charge is 2.31. The minimum Gasteiger partial charge on any atom is -0.497 e. The summed E-state index contributed by atoms with van der Waals surface area (Å²) in [6.45, 7) is 0.802. The van der Waals surface area contributed by atoms with Crippen LogP contribution in [0.1, 0.15) is 42.9 Å². The van der Waals surface area contributed by atoms with Gasteiger partial charge in [0, 0.05) is 42.3 Å². The topological polar surface area (TPSA) is 96.7 Å². The highest BCUT2D eigenvalue weighted by Crippen LogP contribution is 2.38. The zero-order chi connectivity index (χ0) is 28.9. The fourth-order valence-electron chi connectivity index (χ4n) is 5.46. The molecule has 0 bridgehead atoms. The Morgan fingerprint density at radius 3 is 2.07 bits per heavy atom. The molecule has 10 nitrogen and oxygen atoms in total. The first-order chi connectivity index (χ1) is 19.9. The lowest BCUT2D eigenvalue weighted by molar-refractivity contribution is 0.0424. The predicted molar refractivity (Wildman–Crippen MR) is 149 cm³/mol. The zero-order valence-electron chi connectivity index (χ0n) is 23.6. The molecule has 1 aliphatic carbocycles. The Morgan fingerprint density at radius 1 is 0.878 bits per heavy atom. The van der Waals surface area contributed by atoms with Gasteiger partial charge in [-0.15, -0.1) is 5.10 Å². The number of aromatic nitrogens is 5. The van der Waals surface area contributed by atoms with E-state index in [1.165, 1.54) is 6.33 Å². The summed E-state index contributed by atoms with van der Waals surface area (Å²) in [6, 6.07) is 11.1. The molecule has 1 aliphatic rings. The van der Waals surface area contributed by atoms with Gasteiger partial charge in [-0.25, -0.2) is 23.4 Å². The first-order valence-electron chi connectivity index (χ1n) is 13.5. The predicted octanol–water partition coefficient (Wildman–Crippen LogP) is 5.46. The first kappa shape index (κ1) is 28.3. The average molecular weight is 569 g/mol. The van der Waals surface area contributed by atoms with Crippen LogP contribution in [0.25, 0.3) is 11.2 Å². The summed E-state index contributed by atoms with van der Waals surface area (Å²) in [5.74, 6) is 2.57. The third-order valence-electron chi connectivity index (χ3n) is 7.64. The van der Waals surface area contributed by atoms with Crippen LogP contribution in [-0.4, -0.2) is 59.8 Å². The van der Waals surface area contributed by atoms with Gasteiger partial charge in [0.1, 0.15) is 29.3 Å². The second-order valence-corrected chi connectivity index (χ2v) is 10.0. The van der Waals surface area contributed by atoms with Crippen LogP contribution >= 0.6 is 0 Å². The molecule has 0 amide bonds. The SMILES string of the molecule is COc1ccc(CN(Cc2ccc(OC)cc2OC)c2ncnc3c2nnn3[C@H]2CCC[C@@H](C(F)F)C2)c(OC)c1. The maximum absolute atomic E-state index is 13.5. The van der Waals surface area contributed by atoms with Gasteiger partial charge < -0.3 is 23.8 Å². The third-order valence-corrected chi connectivity index (χ3v) is 7.64. The fourth-order valence-corrected chi connectivity index (χ4v) is 5.46. The third kappa shape index (κ3) is 5.96. The van der Waals surface area contributed by atoms with Crippen LogP contribution in [0.15, 0.2) is 42.7 Å². The van der Waals surface area contributed by atoms with E-state index in [1.807, 2.05) is 41.3 Å². The molecule has 41 heavy (non-hydrogen) atoms. The van der Waals surface area contributed by atoms with Crippen molar-refractivity contribution in [2.75, 3.05) is 33.3 Å². The fraction of sp³-hybridized carbons (Fsp3) is 0.448. The van der Waals surface area contributed by atoms with Crippen LogP contribution in [0.5, 0.6) is 23.0 Å². The number of alkyl halides is 2. The van der Waals surface area contributed by atoms with Crippen LogP contribution in [0.3, 0.4) is 0 Å². The van der Waals surface area contributed by atoms with Crippen LogP contribution in [0, 0.1) is 5.92 Å². The number of rotatable bonds is 11. The summed E-state index contributed by atoms with van der Waals surface area (Å²) in [7, 11) is 6.43. The molecule has 0 N–H and O–H groups in total. The van der Waals surface area contributed by atoms with Crippen LogP contribution in [0.2, 0.25) is 0 Å². The number of benzene rings is 2. The van der Waals surface area contributed by atoms with Crippen LogP contribution in [-0.2, 0) is 13.1 Å². The monoisotopic (exact) mass is 568 g/mol. The number of anilines is 1. The summed E-state index contributed by atoms with van der Waals surface area (Å²) in [5, 5.41) is 8.86. The van der Waals surface area contributed by atoms with E-state index in [4.69, 9.17) is 18.9 Å². The molecule has 0 aliphatic heterocycles. The number of hydrogen-bond acceptors (Lipinski definition) is 9. The van der Waals surface area contributed by atoms with Gasteiger partial charge in [-0.1, -0.05) is 11.6 Å². The Labute approximate surface area is 237 Å². The number of halogens is 2. The molecule has 0 saturated heterocycles. The summed E-state index contributed by atoms with van der Waals surface area (Å²) >= 11 is 0. The molecule has 0 unspecified atom stereocenters. The quantitative estimate of drug-likeness (QED) is 0.234. The molecule has 5 rings (SSSR count). The van der Waals surface area contributed by atoms with E-state index in [2.05, 4.69) is 20.3 Å². The summed E-state index contributed by atoms with van der Waals surface area (Å²) in [5.41, 5.74) is 2.80. The van der Waals surface area contributed by atoms with Crippen LogP contribution in [0.4, 0.5) is 14.6 Å². The average Bonchev–Trinajstić information content (AvgIpc) is 3.45. The highest BCUT2D eigenvalue weighted by molar-refractivity contribution is 5.82. The molecule has 2 atom stereocenters. The van der Waals surface area contributed by atoms with Crippen molar-refractivity contribution in [1.82, 2.24) is 25.0 Å². The molecule has 2 aromatic carbocycles. The van der Waals surface area contributed by atoms with Crippen molar-refractivity contribution in [2.24, 2.45) is 5.92 Å². The Balaban J connectivity index is 1.56. The second kappa shape index (κ2) is 12.5. The van der Waals surface area contributed by atoms with Gasteiger partial charge in [-0.3, -0.25) is 0 Å². The first-order valence-corrected chi connectivity index (χ1v) is 13.5. The largest absolute Gasteiger partial charge is 0.497 e. The van der Waals surface area contributed by atoms with Crippen molar-refractivity contribution in [3.05, 3.63) is 53.9 Å². The van der Waals surface area contributed by atoms with E-state index in [-0.39, 0.29) is 6.04 Å². The van der Waals surface area contributed by atoms with Gasteiger partial charge in [0.2, 0.25) is 6.43 Å². The van der Waals surface area contributed by atoms with Crippen molar-refractivity contribution in [2.45, 2.75) is 51.2 Å². The molecule has 1 fully saturated rings. The molecule has 0 radical (unpaired) electrons. The summed E-state index contributed by atoms with van der Waals surface area (Å²) in [4.78, 5) is 11.2. The van der Waals surface area contributed by atoms with Crippen molar-refractivity contribution in [3.63, 3.8) is 0 Å². The molecule has 1 saturated carbocycles. The minimum atomic E-state index is -2.35. The molecule has 2 heterocycles. The van der Waals surface area contributed by atoms with E-state index >= 15 is 0 Å². The van der Waals surface area contributed by atoms with Gasteiger partial charge in [-0.05, 0) is 43.5 Å². The van der Waals surface area contributed by atoms with E-state index in [9.17, 15) is 8.78 Å². The van der Waals surface area contributed by atoms with Gasteiger partial charge in [0.05, 0.1) is 34.5 Å². The van der Waals surface area contributed by atoms with Crippen molar-refractivity contribution < 1.29 is 27.7 Å². The van der Waals surface area contributed by atoms with Gasteiger partial charge in [-0.2, -0.15) is 0 Å². The maximum Gasteiger partial charge on any atom is 0.241 e. The van der Waals surface area contributed by atoms with E-state index < -0.39 is 12.3 Å². The summed E-state index contributed by atoms with van der Waals surface area (Å²) in [6.07, 6.45) is 1.42. The molecule has 0 spiro atoms. The van der Waals surface area contributed by atoms with E-state index in [0.29, 0.717) is 72.3 Å². The lowest BCUT2D eigenvalue weighted by atomic mass is 9.86. The number of hydrogen-bond donors (Lipinski definition) is 0. The second-order valence-electron chi connectivity index (χ2n) is 10.0. The zero-order valence-corrected chi connectivity index (χ0v) is 23.6. The lowest BCUT2D eigenvalue weighted by Crippen LogP contribution is -2.25. The van der Waals surface area contributed by atoms with Crippen molar-refractivity contribution in [3.8, 4) is 23.0 Å².